The van der Waals surface area contributed by atoms with Gasteiger partial charge in [-0.3, -0.25) is 19.1 Å². The minimum Gasteiger partial charge on any atom is -0.487 e. The molecule has 0 atom stereocenters. The molecule has 48 heavy (non-hydrogen) atoms. The Hall–Kier alpha value is -5.02. The molecule has 0 saturated carbocycles. The summed E-state index contributed by atoms with van der Waals surface area (Å²) in [5.41, 5.74) is 2.49. The molecule has 0 saturated heterocycles. The van der Waals surface area contributed by atoms with Crippen molar-refractivity contribution in [2.24, 2.45) is 10.8 Å². The summed E-state index contributed by atoms with van der Waals surface area (Å²) in [4.78, 5) is 37.2. The first-order valence-corrected chi connectivity index (χ1v) is 16.4. The van der Waals surface area contributed by atoms with E-state index in [0.29, 0.717) is 22.7 Å². The van der Waals surface area contributed by atoms with Crippen LogP contribution < -0.4 is 4.74 Å². The molecule has 0 radical (unpaired) electrons. The number of aliphatic carboxylic acids is 1. The number of nitrogens with zero attached hydrogens (tertiary/aromatic N) is 3. The molecule has 0 amide bonds. The Morgan fingerprint density at radius 1 is 0.917 bits per heavy atom. The molecule has 3 heterocycles. The Kier molecular flexibility index (Phi) is 8.83. The monoisotopic (exact) mass is 661 g/mol. The van der Waals surface area contributed by atoms with Crippen molar-refractivity contribution in [1.82, 2.24) is 14.5 Å². The zero-order chi connectivity index (χ0) is 34.2. The van der Waals surface area contributed by atoms with Crippen LogP contribution in [0.25, 0.3) is 33.1 Å². The normalized spacial score (nSPS) is 12.0. The van der Waals surface area contributed by atoms with E-state index in [1.807, 2.05) is 99.6 Å². The zero-order valence-electron chi connectivity index (χ0n) is 27.5. The fraction of sp³-hybridized carbons (Fsp3) is 0.231. The fourth-order valence-electron chi connectivity index (χ4n) is 5.42. The molecule has 7 nitrogen and oxygen atoms in total. The summed E-state index contributed by atoms with van der Waals surface area (Å²) in [5.74, 6) is -0.944. The maximum atomic E-state index is 14.2. The van der Waals surface area contributed by atoms with Crippen LogP contribution in [0.2, 0.25) is 0 Å². The van der Waals surface area contributed by atoms with Gasteiger partial charge < -0.3 is 9.84 Å². The molecular formula is C39H36FN3O4S. The smallest absolute Gasteiger partial charge is 0.309 e. The molecule has 0 spiro atoms. The first kappa shape index (κ1) is 32.9. The highest BCUT2D eigenvalue weighted by molar-refractivity contribution is 7.99. The first-order valence-electron chi connectivity index (χ1n) is 15.6. The molecule has 6 aromatic rings. The van der Waals surface area contributed by atoms with Crippen molar-refractivity contribution in [2.45, 2.75) is 57.4 Å². The molecule has 0 unspecified atom stereocenters. The van der Waals surface area contributed by atoms with Gasteiger partial charge >= 0.3 is 5.97 Å². The van der Waals surface area contributed by atoms with Gasteiger partial charge in [-0.15, -0.1) is 0 Å². The Labute approximate surface area is 282 Å². The van der Waals surface area contributed by atoms with E-state index in [-0.39, 0.29) is 18.9 Å². The summed E-state index contributed by atoms with van der Waals surface area (Å²) in [5, 5.41) is 12.0. The van der Waals surface area contributed by atoms with Crippen molar-refractivity contribution in [3.8, 4) is 17.0 Å². The van der Waals surface area contributed by atoms with Crippen molar-refractivity contribution in [1.29, 1.82) is 0 Å². The maximum Gasteiger partial charge on any atom is 0.309 e. The second-order valence-corrected chi connectivity index (χ2v) is 14.6. The van der Waals surface area contributed by atoms with Crippen molar-refractivity contribution in [3.05, 3.63) is 114 Å². The number of carbonyl (C=O) groups excluding carboxylic acids is 1. The van der Waals surface area contributed by atoms with E-state index in [4.69, 9.17) is 9.72 Å². The Bertz CT molecular complexity index is 2150. The van der Waals surface area contributed by atoms with Crippen molar-refractivity contribution in [3.63, 3.8) is 0 Å². The summed E-state index contributed by atoms with van der Waals surface area (Å²) in [6.07, 6.45) is 1.31. The van der Waals surface area contributed by atoms with Crippen LogP contribution >= 0.6 is 11.8 Å². The molecule has 244 valence electrons. The van der Waals surface area contributed by atoms with Crippen LogP contribution in [-0.4, -0.2) is 31.5 Å². The molecule has 9 heteroatoms. The van der Waals surface area contributed by atoms with Crippen LogP contribution in [0.1, 0.15) is 50.8 Å². The Balaban J connectivity index is 1.43. The van der Waals surface area contributed by atoms with Gasteiger partial charge in [0.1, 0.15) is 18.2 Å². The number of aromatic nitrogens is 3. The van der Waals surface area contributed by atoms with Crippen molar-refractivity contribution < 1.29 is 23.8 Å². The third kappa shape index (κ3) is 6.82. The predicted molar refractivity (Wildman–Crippen MR) is 187 cm³/mol. The lowest BCUT2D eigenvalue weighted by Gasteiger charge is -2.24. The lowest BCUT2D eigenvalue weighted by Crippen LogP contribution is -2.32. The summed E-state index contributed by atoms with van der Waals surface area (Å²) >= 11 is 1.47. The number of halogens is 1. The van der Waals surface area contributed by atoms with Crippen LogP contribution in [0.5, 0.6) is 5.75 Å². The first-order chi connectivity index (χ1) is 22.8. The number of rotatable bonds is 9. The fourth-order valence-corrected chi connectivity index (χ4v) is 6.49. The third-order valence-electron chi connectivity index (χ3n) is 8.16. The van der Waals surface area contributed by atoms with Crippen LogP contribution in [0, 0.1) is 16.6 Å². The summed E-state index contributed by atoms with van der Waals surface area (Å²) in [6.45, 7) is 9.14. The van der Waals surface area contributed by atoms with Gasteiger partial charge in [0.2, 0.25) is 5.91 Å². The minimum atomic E-state index is -1.15. The van der Waals surface area contributed by atoms with Gasteiger partial charge in [-0.05, 0) is 62.4 Å². The number of fused-ring (bicyclic) bond motifs is 2. The number of para-hydroxylation sites is 1. The van der Waals surface area contributed by atoms with E-state index in [1.165, 1.54) is 24.0 Å². The quantitative estimate of drug-likeness (QED) is 0.165. The van der Waals surface area contributed by atoms with Gasteiger partial charge in [-0.1, -0.05) is 68.9 Å². The second-order valence-electron chi connectivity index (χ2n) is 13.5. The lowest BCUT2D eigenvalue weighted by atomic mass is 9.87. The largest absolute Gasteiger partial charge is 0.487 e. The highest BCUT2D eigenvalue weighted by Gasteiger charge is 2.35. The highest BCUT2D eigenvalue weighted by atomic mass is 32.2. The predicted octanol–water partition coefficient (Wildman–Crippen LogP) is 9.46. The summed E-state index contributed by atoms with van der Waals surface area (Å²) in [6, 6.07) is 28.2. The van der Waals surface area contributed by atoms with Crippen LogP contribution in [0.4, 0.5) is 4.39 Å². The van der Waals surface area contributed by atoms with Crippen LogP contribution in [-0.2, 0) is 17.8 Å². The molecule has 0 aliphatic heterocycles. The van der Waals surface area contributed by atoms with E-state index in [9.17, 15) is 19.1 Å². The van der Waals surface area contributed by atoms with E-state index in [1.54, 1.807) is 24.5 Å². The topological polar surface area (TPSA) is 94.3 Å². The molecular weight excluding hydrogens is 626 g/mol. The van der Waals surface area contributed by atoms with Crippen molar-refractivity contribution in [2.75, 3.05) is 0 Å². The minimum absolute atomic E-state index is 0.121. The number of hydrogen-bond donors (Lipinski definition) is 1. The van der Waals surface area contributed by atoms with Crippen LogP contribution in [0.3, 0.4) is 0 Å². The summed E-state index contributed by atoms with van der Waals surface area (Å²) < 4.78 is 21.3. The lowest BCUT2D eigenvalue weighted by molar-refractivity contribution is -0.146. The molecule has 3 aromatic heterocycles. The van der Waals surface area contributed by atoms with Gasteiger partial charge in [0, 0.05) is 49.7 Å². The van der Waals surface area contributed by atoms with E-state index in [2.05, 4.69) is 4.98 Å². The van der Waals surface area contributed by atoms with E-state index < -0.39 is 22.6 Å². The van der Waals surface area contributed by atoms with Crippen LogP contribution in [0.15, 0.2) is 107 Å². The Morgan fingerprint density at radius 2 is 1.67 bits per heavy atom. The van der Waals surface area contributed by atoms with Gasteiger partial charge in [0.15, 0.2) is 0 Å². The molecule has 0 aliphatic carbocycles. The average Bonchev–Trinajstić information content (AvgIpc) is 3.34. The molecule has 1 N–H and O–H groups in total. The molecule has 3 aromatic carbocycles. The number of benzene rings is 3. The van der Waals surface area contributed by atoms with Gasteiger partial charge in [-0.2, -0.15) is 0 Å². The number of carbonyl (C=O) groups is 2. The average molecular weight is 662 g/mol. The van der Waals surface area contributed by atoms with E-state index in [0.717, 1.165) is 37.3 Å². The molecule has 0 fully saturated rings. The highest BCUT2D eigenvalue weighted by Crippen LogP contribution is 2.43. The molecule has 0 aliphatic rings. The van der Waals surface area contributed by atoms with Gasteiger partial charge in [0.25, 0.3) is 0 Å². The third-order valence-corrected chi connectivity index (χ3v) is 9.33. The number of ether oxygens (including phenoxy) is 1. The number of carboxylic acid groups (broad SMARTS) is 1. The SMILES string of the molecule is CC(C)(C)C(=O)n1c(CC(C)(C)C(=O)O)c(Sc2ccc(-c3ccc(F)cn3)cc2)c2ccc(OCc3ccc4ccccc4n3)cc21. The zero-order valence-corrected chi connectivity index (χ0v) is 28.3. The maximum absolute atomic E-state index is 14.2. The molecule has 6 rings (SSSR count). The van der Waals surface area contributed by atoms with E-state index >= 15 is 0 Å². The number of hydrogen-bond acceptors (Lipinski definition) is 6. The summed E-state index contributed by atoms with van der Waals surface area (Å²) in [7, 11) is 0. The van der Waals surface area contributed by atoms with Gasteiger partial charge in [0.05, 0.1) is 34.0 Å². The van der Waals surface area contributed by atoms with Gasteiger partial charge in [-0.25, -0.2) is 9.37 Å². The Morgan fingerprint density at radius 3 is 2.35 bits per heavy atom. The number of carboxylic acids is 1. The number of pyridine rings is 2. The standard InChI is InChI=1S/C39H36FN3O4S/c1-38(2,3)36(44)43-33-20-28(47-23-27-14-10-24-8-6-7-9-32(24)42-27)15-18-30(33)35(34(43)21-39(4,5)37(45)46)48-29-16-11-25(12-17-29)31-19-13-26(40)22-41-31/h6-20,22H,21,23H2,1-5H3,(H,45,46). The second kappa shape index (κ2) is 12.9. The molecule has 0 bridgehead atoms. The van der Waals surface area contributed by atoms with Crippen molar-refractivity contribution >= 4 is 45.4 Å².